The van der Waals surface area contributed by atoms with Crippen molar-refractivity contribution in [3.05, 3.63) is 34.3 Å². The van der Waals surface area contributed by atoms with Gasteiger partial charge in [-0.15, -0.1) is 0 Å². The highest BCUT2D eigenvalue weighted by atomic mass is 79.9. The molecule has 0 aliphatic rings. The van der Waals surface area contributed by atoms with E-state index in [0.29, 0.717) is 6.42 Å². The highest BCUT2D eigenvalue weighted by Crippen LogP contribution is 2.28. The first kappa shape index (κ1) is 13.2. The Morgan fingerprint density at radius 1 is 1.38 bits per heavy atom. The molecular formula is C12H17BrN2O. The number of primary amides is 1. The second kappa shape index (κ2) is 4.97. The Bertz CT molecular complexity index is 373. The number of nitrogens with two attached hydrogens (primary N) is 2. The molecule has 1 atom stereocenters. The summed E-state index contributed by atoms with van der Waals surface area (Å²) >= 11 is 3.36. The van der Waals surface area contributed by atoms with Gasteiger partial charge in [-0.3, -0.25) is 4.79 Å². The Balaban J connectivity index is 2.76. The SMILES string of the molecule is CC(C)(CC(N)c1ccc(Br)cc1)C(N)=O. The van der Waals surface area contributed by atoms with Crippen LogP contribution in [0.1, 0.15) is 31.9 Å². The number of amides is 1. The molecule has 0 fully saturated rings. The first-order valence-corrected chi connectivity index (χ1v) is 5.93. The van der Waals surface area contributed by atoms with Crippen LogP contribution in [0.4, 0.5) is 0 Å². The normalized spacial score (nSPS) is 13.5. The lowest BCUT2D eigenvalue weighted by Gasteiger charge is -2.24. The molecule has 0 bridgehead atoms. The van der Waals surface area contributed by atoms with Gasteiger partial charge >= 0.3 is 0 Å². The third-order valence-corrected chi connectivity index (χ3v) is 3.22. The second-order valence-electron chi connectivity index (χ2n) is 4.61. The Labute approximate surface area is 104 Å². The van der Waals surface area contributed by atoms with Crippen LogP contribution in [0.25, 0.3) is 0 Å². The number of halogens is 1. The Morgan fingerprint density at radius 2 is 1.88 bits per heavy atom. The van der Waals surface area contributed by atoms with Crippen LogP contribution in [-0.4, -0.2) is 5.91 Å². The van der Waals surface area contributed by atoms with Crippen LogP contribution < -0.4 is 11.5 Å². The molecule has 1 aromatic carbocycles. The zero-order valence-corrected chi connectivity index (χ0v) is 11.1. The summed E-state index contributed by atoms with van der Waals surface area (Å²) in [6, 6.07) is 7.60. The van der Waals surface area contributed by atoms with Crippen LogP contribution in [0.2, 0.25) is 0 Å². The fourth-order valence-electron chi connectivity index (χ4n) is 1.48. The lowest BCUT2D eigenvalue weighted by atomic mass is 9.83. The van der Waals surface area contributed by atoms with Crippen LogP contribution in [0.5, 0.6) is 0 Å². The van der Waals surface area contributed by atoms with Crippen LogP contribution in [0.15, 0.2) is 28.7 Å². The summed E-state index contributed by atoms with van der Waals surface area (Å²) in [5.41, 5.74) is 11.8. The minimum Gasteiger partial charge on any atom is -0.369 e. The van der Waals surface area contributed by atoms with E-state index in [1.54, 1.807) is 0 Å². The van der Waals surface area contributed by atoms with Crippen molar-refractivity contribution in [2.24, 2.45) is 16.9 Å². The number of carbonyl (C=O) groups excluding carboxylic acids is 1. The maximum Gasteiger partial charge on any atom is 0.223 e. The van der Waals surface area contributed by atoms with E-state index in [-0.39, 0.29) is 11.9 Å². The average molecular weight is 285 g/mol. The van der Waals surface area contributed by atoms with Crippen molar-refractivity contribution in [3.63, 3.8) is 0 Å². The minimum absolute atomic E-state index is 0.171. The van der Waals surface area contributed by atoms with E-state index in [2.05, 4.69) is 15.9 Å². The number of rotatable bonds is 4. The van der Waals surface area contributed by atoms with Gasteiger partial charge in [0.1, 0.15) is 0 Å². The zero-order chi connectivity index (χ0) is 12.3. The molecule has 0 aliphatic carbocycles. The number of benzene rings is 1. The quantitative estimate of drug-likeness (QED) is 0.891. The predicted molar refractivity (Wildman–Crippen MR) is 68.7 cm³/mol. The van der Waals surface area contributed by atoms with Crippen molar-refractivity contribution < 1.29 is 4.79 Å². The maximum atomic E-state index is 11.2. The van der Waals surface area contributed by atoms with E-state index in [9.17, 15) is 4.79 Å². The van der Waals surface area contributed by atoms with Crippen molar-refractivity contribution >= 4 is 21.8 Å². The largest absolute Gasteiger partial charge is 0.369 e. The van der Waals surface area contributed by atoms with Gasteiger partial charge < -0.3 is 11.5 Å². The average Bonchev–Trinajstić information content (AvgIpc) is 2.17. The fourth-order valence-corrected chi connectivity index (χ4v) is 1.74. The summed E-state index contributed by atoms with van der Waals surface area (Å²) in [5, 5.41) is 0. The van der Waals surface area contributed by atoms with Crippen molar-refractivity contribution in [1.29, 1.82) is 0 Å². The lowest BCUT2D eigenvalue weighted by molar-refractivity contribution is -0.126. The molecular weight excluding hydrogens is 268 g/mol. The van der Waals surface area contributed by atoms with Crippen molar-refractivity contribution in [1.82, 2.24) is 0 Å². The molecule has 0 saturated heterocycles. The van der Waals surface area contributed by atoms with Gasteiger partial charge in [-0.25, -0.2) is 0 Å². The van der Waals surface area contributed by atoms with E-state index >= 15 is 0 Å². The van der Waals surface area contributed by atoms with E-state index in [1.807, 2.05) is 38.1 Å². The Hall–Kier alpha value is -0.870. The Morgan fingerprint density at radius 3 is 2.31 bits per heavy atom. The highest BCUT2D eigenvalue weighted by Gasteiger charge is 2.27. The Kier molecular flexibility index (Phi) is 4.10. The predicted octanol–water partition coefficient (Wildman–Crippen LogP) is 2.35. The highest BCUT2D eigenvalue weighted by molar-refractivity contribution is 9.10. The first-order chi connectivity index (χ1) is 7.33. The molecule has 16 heavy (non-hydrogen) atoms. The van der Waals surface area contributed by atoms with Crippen molar-refractivity contribution in [2.75, 3.05) is 0 Å². The maximum absolute atomic E-state index is 11.2. The van der Waals surface area contributed by atoms with Gasteiger partial charge in [0.05, 0.1) is 0 Å². The molecule has 0 spiro atoms. The molecule has 4 heteroatoms. The molecule has 3 nitrogen and oxygen atoms in total. The van der Waals surface area contributed by atoms with Crippen molar-refractivity contribution in [2.45, 2.75) is 26.3 Å². The summed E-state index contributed by atoms with van der Waals surface area (Å²) < 4.78 is 1.01. The number of hydrogen-bond acceptors (Lipinski definition) is 2. The number of hydrogen-bond donors (Lipinski definition) is 2. The van der Waals surface area contributed by atoms with Gasteiger partial charge in [-0.1, -0.05) is 41.9 Å². The standard InChI is InChI=1S/C12H17BrN2O/c1-12(2,11(15)16)7-10(14)8-3-5-9(13)6-4-8/h3-6,10H,7,14H2,1-2H3,(H2,15,16). The molecule has 4 N–H and O–H groups in total. The van der Waals surface area contributed by atoms with Crippen LogP contribution in [-0.2, 0) is 4.79 Å². The van der Waals surface area contributed by atoms with Crippen LogP contribution in [0.3, 0.4) is 0 Å². The molecule has 0 radical (unpaired) electrons. The third-order valence-electron chi connectivity index (χ3n) is 2.70. The summed E-state index contributed by atoms with van der Waals surface area (Å²) in [6.45, 7) is 3.63. The number of carbonyl (C=O) groups is 1. The van der Waals surface area contributed by atoms with Gasteiger partial charge in [-0.2, -0.15) is 0 Å². The van der Waals surface area contributed by atoms with Gasteiger partial charge in [0, 0.05) is 15.9 Å². The molecule has 0 heterocycles. The second-order valence-corrected chi connectivity index (χ2v) is 5.53. The summed E-state index contributed by atoms with van der Waals surface area (Å²) in [5.74, 6) is -0.319. The van der Waals surface area contributed by atoms with Gasteiger partial charge in [0.25, 0.3) is 0 Å². The lowest BCUT2D eigenvalue weighted by Crippen LogP contribution is -2.34. The van der Waals surface area contributed by atoms with Gasteiger partial charge in [0.2, 0.25) is 5.91 Å². The fraction of sp³-hybridized carbons (Fsp3) is 0.417. The van der Waals surface area contributed by atoms with Crippen LogP contribution >= 0.6 is 15.9 Å². The van der Waals surface area contributed by atoms with Crippen LogP contribution in [0, 0.1) is 5.41 Å². The molecule has 1 amide bonds. The molecule has 1 aromatic rings. The third kappa shape index (κ3) is 3.32. The molecule has 0 saturated carbocycles. The summed E-state index contributed by atoms with van der Waals surface area (Å²) in [6.07, 6.45) is 0.546. The van der Waals surface area contributed by atoms with Gasteiger partial charge in [-0.05, 0) is 24.1 Å². The first-order valence-electron chi connectivity index (χ1n) is 5.14. The van der Waals surface area contributed by atoms with Crippen molar-refractivity contribution in [3.8, 4) is 0 Å². The smallest absolute Gasteiger partial charge is 0.223 e. The summed E-state index contributed by atoms with van der Waals surface area (Å²) in [4.78, 5) is 11.2. The molecule has 88 valence electrons. The molecule has 0 aliphatic heterocycles. The molecule has 0 aromatic heterocycles. The monoisotopic (exact) mass is 284 g/mol. The van der Waals surface area contributed by atoms with E-state index in [0.717, 1.165) is 10.0 Å². The van der Waals surface area contributed by atoms with E-state index in [1.165, 1.54) is 0 Å². The van der Waals surface area contributed by atoms with E-state index in [4.69, 9.17) is 11.5 Å². The van der Waals surface area contributed by atoms with Gasteiger partial charge in [0.15, 0.2) is 0 Å². The topological polar surface area (TPSA) is 69.1 Å². The molecule has 1 unspecified atom stereocenters. The zero-order valence-electron chi connectivity index (χ0n) is 9.53. The minimum atomic E-state index is -0.577. The van der Waals surface area contributed by atoms with E-state index < -0.39 is 5.41 Å². The molecule has 1 rings (SSSR count). The summed E-state index contributed by atoms with van der Waals surface area (Å²) in [7, 11) is 0.